The second-order valence-electron chi connectivity index (χ2n) is 7.45. The normalized spacial score (nSPS) is 11.3. The van der Waals surface area contributed by atoms with E-state index in [0.717, 1.165) is 11.3 Å². The quantitative estimate of drug-likeness (QED) is 0.322. The van der Waals surface area contributed by atoms with Gasteiger partial charge < -0.3 is 10.1 Å². The summed E-state index contributed by atoms with van der Waals surface area (Å²) in [6.07, 6.45) is 0. The Morgan fingerprint density at radius 2 is 1.53 bits per heavy atom. The van der Waals surface area contributed by atoms with Gasteiger partial charge in [-0.25, -0.2) is 8.42 Å². The number of amides is 1. The van der Waals surface area contributed by atoms with E-state index in [1.54, 1.807) is 43.5 Å². The Morgan fingerprint density at radius 1 is 0.882 bits per heavy atom. The Morgan fingerprint density at radius 3 is 2.21 bits per heavy atom. The van der Waals surface area contributed by atoms with Gasteiger partial charge in [-0.3, -0.25) is 9.52 Å². The van der Waals surface area contributed by atoms with Gasteiger partial charge in [0.1, 0.15) is 5.75 Å². The first-order valence-electron chi connectivity index (χ1n) is 10.2. The summed E-state index contributed by atoms with van der Waals surface area (Å²) in [5.74, 6) is 0.460. The number of hydrogen-bond acceptors (Lipinski definition) is 4. The molecule has 0 bridgehead atoms. The lowest BCUT2D eigenvalue weighted by Crippen LogP contribution is -2.23. The van der Waals surface area contributed by atoms with E-state index in [4.69, 9.17) is 27.9 Å². The minimum absolute atomic E-state index is 0.0598. The Hall–Kier alpha value is -3.26. The van der Waals surface area contributed by atoms with Crippen LogP contribution in [0, 0.1) is 0 Å². The molecule has 4 aromatic carbocycles. The number of methoxy groups -OCH3 is 1. The highest BCUT2D eigenvalue weighted by molar-refractivity contribution is 7.92. The van der Waals surface area contributed by atoms with Crippen molar-refractivity contribution >= 4 is 55.6 Å². The van der Waals surface area contributed by atoms with Gasteiger partial charge in [0.05, 0.1) is 17.7 Å². The highest BCUT2D eigenvalue weighted by atomic mass is 35.5. The number of ether oxygens (including phenoxy) is 1. The first-order valence-corrected chi connectivity index (χ1v) is 12.4. The molecule has 0 saturated carbocycles. The molecular weight excluding hydrogens is 495 g/mol. The summed E-state index contributed by atoms with van der Waals surface area (Å²) in [4.78, 5) is 12.9. The van der Waals surface area contributed by atoms with Gasteiger partial charge in [0.25, 0.3) is 15.9 Å². The molecule has 1 amide bonds. The van der Waals surface area contributed by atoms with Gasteiger partial charge in [0, 0.05) is 27.5 Å². The minimum Gasteiger partial charge on any atom is -0.497 e. The third kappa shape index (κ3) is 5.28. The number of hydrogen-bond donors (Lipinski definition) is 2. The number of halogens is 2. The molecule has 0 unspecified atom stereocenters. The molecule has 0 aliphatic rings. The molecule has 2 N–H and O–H groups in total. The first kappa shape index (κ1) is 23.9. The fourth-order valence-corrected chi connectivity index (χ4v) is 5.31. The first-order chi connectivity index (χ1) is 16.3. The van der Waals surface area contributed by atoms with E-state index in [9.17, 15) is 13.2 Å². The molecule has 0 atom stereocenters. The second-order valence-corrected chi connectivity index (χ2v) is 10.0. The van der Waals surface area contributed by atoms with Gasteiger partial charge in [-0.15, -0.1) is 0 Å². The predicted molar refractivity (Wildman–Crippen MR) is 135 cm³/mol. The summed E-state index contributed by atoms with van der Waals surface area (Å²) in [5.41, 5.74) is 1.68. The van der Waals surface area contributed by atoms with Gasteiger partial charge in [0.15, 0.2) is 0 Å². The maximum absolute atomic E-state index is 13.0. The van der Waals surface area contributed by atoms with Crippen LogP contribution in [0.3, 0.4) is 0 Å². The largest absolute Gasteiger partial charge is 0.497 e. The van der Waals surface area contributed by atoms with E-state index in [-0.39, 0.29) is 20.8 Å². The summed E-state index contributed by atoms with van der Waals surface area (Å²) in [6.45, 7) is 0.334. The van der Waals surface area contributed by atoms with Crippen LogP contribution in [-0.4, -0.2) is 21.4 Å². The van der Waals surface area contributed by atoms with Crippen molar-refractivity contribution in [3.63, 3.8) is 0 Å². The van der Waals surface area contributed by atoms with Gasteiger partial charge in [-0.05, 0) is 53.4 Å². The fourth-order valence-electron chi connectivity index (χ4n) is 3.51. The number of carbonyl (C=O) groups is 1. The van der Waals surface area contributed by atoms with Crippen molar-refractivity contribution < 1.29 is 17.9 Å². The number of benzene rings is 4. The molecule has 9 heteroatoms. The molecular formula is C25H20Cl2N2O4S. The minimum atomic E-state index is -3.96. The van der Waals surface area contributed by atoms with Crippen LogP contribution >= 0.6 is 23.2 Å². The summed E-state index contributed by atoms with van der Waals surface area (Å²) >= 11 is 11.9. The molecule has 0 fully saturated rings. The molecule has 0 spiro atoms. The third-order valence-corrected chi connectivity index (χ3v) is 6.95. The molecule has 4 rings (SSSR count). The van der Waals surface area contributed by atoms with E-state index >= 15 is 0 Å². The van der Waals surface area contributed by atoms with Crippen LogP contribution < -0.4 is 14.8 Å². The zero-order chi connectivity index (χ0) is 24.3. The molecule has 0 aliphatic carbocycles. The summed E-state index contributed by atoms with van der Waals surface area (Å²) in [5, 5.41) is 4.51. The SMILES string of the molecule is COc1ccc(CNC(=O)c2cccc3c(NS(=O)(=O)c4cc(Cl)cc(Cl)c4)cccc23)cc1. The van der Waals surface area contributed by atoms with Crippen LogP contribution in [0.5, 0.6) is 5.75 Å². The molecule has 0 heterocycles. The number of carbonyl (C=O) groups excluding carboxylic acids is 1. The van der Waals surface area contributed by atoms with Gasteiger partial charge >= 0.3 is 0 Å². The number of anilines is 1. The number of nitrogens with one attached hydrogen (secondary N) is 2. The Kier molecular flexibility index (Phi) is 6.97. The van der Waals surface area contributed by atoms with E-state index in [0.29, 0.717) is 28.6 Å². The van der Waals surface area contributed by atoms with Crippen molar-refractivity contribution in [1.82, 2.24) is 5.32 Å². The summed E-state index contributed by atoms with van der Waals surface area (Å²) in [7, 11) is -2.37. The molecule has 0 aliphatic heterocycles. The van der Waals surface area contributed by atoms with Crippen molar-refractivity contribution in [2.24, 2.45) is 0 Å². The fraction of sp³-hybridized carbons (Fsp3) is 0.0800. The zero-order valence-electron chi connectivity index (χ0n) is 18.0. The van der Waals surface area contributed by atoms with Crippen molar-refractivity contribution in [3.8, 4) is 5.75 Å². The third-order valence-electron chi connectivity index (χ3n) is 5.17. The van der Waals surface area contributed by atoms with Gasteiger partial charge in [-0.2, -0.15) is 0 Å². The highest BCUT2D eigenvalue weighted by Crippen LogP contribution is 2.30. The molecule has 0 saturated heterocycles. The summed E-state index contributed by atoms with van der Waals surface area (Å²) < 4.78 is 33.6. The van der Waals surface area contributed by atoms with Gasteiger partial charge in [-0.1, -0.05) is 59.6 Å². The van der Waals surface area contributed by atoms with Crippen LogP contribution in [-0.2, 0) is 16.6 Å². The number of rotatable bonds is 7. The van der Waals surface area contributed by atoms with E-state index in [1.807, 2.05) is 24.3 Å². The predicted octanol–water partition coefficient (Wildman–Crippen LogP) is 5.89. The van der Waals surface area contributed by atoms with Crippen molar-refractivity contribution in [2.75, 3.05) is 11.8 Å². The maximum atomic E-state index is 13.0. The van der Waals surface area contributed by atoms with Gasteiger partial charge in [0.2, 0.25) is 0 Å². The van der Waals surface area contributed by atoms with Crippen LogP contribution in [0.4, 0.5) is 5.69 Å². The average molecular weight is 515 g/mol. The van der Waals surface area contributed by atoms with Crippen LogP contribution in [0.2, 0.25) is 10.0 Å². The molecule has 4 aromatic rings. The average Bonchev–Trinajstić information content (AvgIpc) is 2.82. The molecule has 0 aromatic heterocycles. The Labute approximate surface area is 207 Å². The van der Waals surface area contributed by atoms with Crippen LogP contribution in [0.1, 0.15) is 15.9 Å². The second kappa shape index (κ2) is 9.93. The lowest BCUT2D eigenvalue weighted by molar-refractivity contribution is 0.0952. The Bertz CT molecular complexity index is 1450. The van der Waals surface area contributed by atoms with Crippen LogP contribution in [0.25, 0.3) is 10.8 Å². The lowest BCUT2D eigenvalue weighted by atomic mass is 10.0. The standard InChI is InChI=1S/C25H20Cl2N2O4S/c1-33-19-10-8-16(9-11-19)15-28-25(30)23-6-2-5-22-21(23)4-3-7-24(22)29-34(31,32)20-13-17(26)12-18(27)14-20/h2-14,29H,15H2,1H3,(H,28,30). The maximum Gasteiger partial charge on any atom is 0.262 e. The Balaban J connectivity index is 1.61. The molecule has 6 nitrogen and oxygen atoms in total. The lowest BCUT2D eigenvalue weighted by Gasteiger charge is -2.13. The van der Waals surface area contributed by atoms with Crippen molar-refractivity contribution in [3.05, 3.63) is 100 Å². The summed E-state index contributed by atoms with van der Waals surface area (Å²) in [6, 6.07) is 21.7. The molecule has 34 heavy (non-hydrogen) atoms. The molecule has 174 valence electrons. The van der Waals surface area contributed by atoms with Crippen LogP contribution in [0.15, 0.2) is 83.8 Å². The van der Waals surface area contributed by atoms with E-state index in [2.05, 4.69) is 10.0 Å². The van der Waals surface area contributed by atoms with Crippen molar-refractivity contribution in [2.45, 2.75) is 11.4 Å². The van der Waals surface area contributed by atoms with Crippen molar-refractivity contribution in [1.29, 1.82) is 0 Å². The smallest absolute Gasteiger partial charge is 0.262 e. The topological polar surface area (TPSA) is 84.5 Å². The van der Waals surface area contributed by atoms with E-state index in [1.165, 1.54) is 18.2 Å². The van der Waals surface area contributed by atoms with E-state index < -0.39 is 10.0 Å². The monoisotopic (exact) mass is 514 g/mol. The zero-order valence-corrected chi connectivity index (χ0v) is 20.3. The number of sulfonamides is 1. The highest BCUT2D eigenvalue weighted by Gasteiger charge is 2.18. The molecule has 0 radical (unpaired) electrons. The number of fused-ring (bicyclic) bond motifs is 1.